The van der Waals surface area contributed by atoms with Gasteiger partial charge in [0.25, 0.3) is 5.91 Å². The minimum Gasteiger partial charge on any atom is -0.454 e. The summed E-state index contributed by atoms with van der Waals surface area (Å²) in [4.78, 5) is 16.4. The van der Waals surface area contributed by atoms with Gasteiger partial charge >= 0.3 is 0 Å². The number of methoxy groups -OCH3 is 1. The topological polar surface area (TPSA) is 81.7 Å². The van der Waals surface area contributed by atoms with Crippen LogP contribution in [-0.2, 0) is 4.74 Å². The summed E-state index contributed by atoms with van der Waals surface area (Å²) in [5, 5.41) is 6.01. The van der Waals surface area contributed by atoms with Crippen molar-refractivity contribution in [2.24, 2.45) is 0 Å². The molecule has 24 heavy (non-hydrogen) atoms. The number of carbonyl (C=O) groups is 1. The van der Waals surface area contributed by atoms with Crippen LogP contribution in [-0.4, -0.2) is 37.9 Å². The smallest absolute Gasteiger partial charge is 0.274 e. The van der Waals surface area contributed by atoms with E-state index in [2.05, 4.69) is 15.6 Å². The normalized spacial score (nSPS) is 12.0. The van der Waals surface area contributed by atoms with Gasteiger partial charge in [-0.05, 0) is 30.7 Å². The van der Waals surface area contributed by atoms with E-state index in [-0.39, 0.29) is 12.7 Å². The number of fused-ring (bicyclic) bond motifs is 1. The lowest BCUT2D eigenvalue weighted by Gasteiger charge is -2.08. The van der Waals surface area contributed by atoms with Crippen LogP contribution in [0.25, 0.3) is 0 Å². The fourth-order valence-corrected chi connectivity index (χ4v) is 2.25. The van der Waals surface area contributed by atoms with Gasteiger partial charge in [0.2, 0.25) is 6.79 Å². The number of aromatic nitrogens is 1. The Hall–Kier alpha value is -2.80. The number of hydrogen-bond donors (Lipinski definition) is 2. The van der Waals surface area contributed by atoms with Crippen molar-refractivity contribution in [2.45, 2.75) is 6.42 Å². The molecule has 0 saturated heterocycles. The third kappa shape index (κ3) is 3.94. The van der Waals surface area contributed by atoms with Gasteiger partial charge < -0.3 is 24.8 Å². The lowest BCUT2D eigenvalue weighted by Crippen LogP contribution is -2.14. The van der Waals surface area contributed by atoms with E-state index in [4.69, 9.17) is 14.2 Å². The second kappa shape index (κ2) is 7.65. The van der Waals surface area contributed by atoms with Gasteiger partial charge in [-0.15, -0.1) is 0 Å². The monoisotopic (exact) mass is 329 g/mol. The summed E-state index contributed by atoms with van der Waals surface area (Å²) < 4.78 is 15.5. The minimum atomic E-state index is -0.278. The lowest BCUT2D eigenvalue weighted by atomic mass is 10.2. The third-order valence-corrected chi connectivity index (χ3v) is 3.48. The average Bonchev–Trinajstić information content (AvgIpc) is 3.07. The fraction of sp³-hybridized carbons (Fsp3) is 0.294. The first-order valence-corrected chi connectivity index (χ1v) is 7.66. The van der Waals surface area contributed by atoms with Crippen molar-refractivity contribution in [3.63, 3.8) is 0 Å². The maximum absolute atomic E-state index is 12.2. The molecule has 0 saturated carbocycles. The molecule has 1 aliphatic rings. The number of anilines is 2. The second-order valence-corrected chi connectivity index (χ2v) is 5.23. The summed E-state index contributed by atoms with van der Waals surface area (Å²) in [6, 6.07) is 8.76. The second-order valence-electron chi connectivity index (χ2n) is 5.23. The minimum absolute atomic E-state index is 0.202. The number of pyridine rings is 1. The molecule has 1 aromatic carbocycles. The van der Waals surface area contributed by atoms with Crippen molar-refractivity contribution < 1.29 is 19.0 Å². The van der Waals surface area contributed by atoms with E-state index < -0.39 is 0 Å². The van der Waals surface area contributed by atoms with Gasteiger partial charge in [0.05, 0.1) is 11.9 Å². The summed E-state index contributed by atoms with van der Waals surface area (Å²) in [5.41, 5.74) is 1.84. The zero-order chi connectivity index (χ0) is 16.8. The third-order valence-electron chi connectivity index (χ3n) is 3.48. The number of amides is 1. The largest absolute Gasteiger partial charge is 0.454 e. The summed E-state index contributed by atoms with van der Waals surface area (Å²) in [6.07, 6.45) is 2.55. The summed E-state index contributed by atoms with van der Waals surface area (Å²) in [6.45, 7) is 1.70. The quantitative estimate of drug-likeness (QED) is 0.760. The van der Waals surface area contributed by atoms with E-state index in [1.165, 1.54) is 0 Å². The van der Waals surface area contributed by atoms with Gasteiger partial charge in [-0.2, -0.15) is 0 Å². The Morgan fingerprint density at radius 2 is 2.04 bits per heavy atom. The van der Waals surface area contributed by atoms with Crippen LogP contribution in [0.4, 0.5) is 11.4 Å². The number of hydrogen-bond acceptors (Lipinski definition) is 6. The van der Waals surface area contributed by atoms with Gasteiger partial charge in [0.15, 0.2) is 11.5 Å². The zero-order valence-electron chi connectivity index (χ0n) is 13.4. The Morgan fingerprint density at radius 1 is 1.21 bits per heavy atom. The van der Waals surface area contributed by atoms with Gasteiger partial charge in [-0.1, -0.05) is 0 Å². The molecule has 2 N–H and O–H groups in total. The number of nitrogens with zero attached hydrogens (tertiary/aromatic N) is 1. The molecule has 126 valence electrons. The van der Waals surface area contributed by atoms with E-state index in [1.54, 1.807) is 37.6 Å². The van der Waals surface area contributed by atoms with Crippen LogP contribution in [0.5, 0.6) is 11.5 Å². The highest BCUT2D eigenvalue weighted by Gasteiger charge is 2.15. The van der Waals surface area contributed by atoms with Crippen molar-refractivity contribution in [2.75, 3.05) is 37.7 Å². The predicted molar refractivity (Wildman–Crippen MR) is 89.7 cm³/mol. The van der Waals surface area contributed by atoms with Crippen molar-refractivity contribution in [3.05, 3.63) is 42.2 Å². The molecule has 1 aromatic heterocycles. The molecule has 0 radical (unpaired) electrons. The van der Waals surface area contributed by atoms with Crippen molar-refractivity contribution in [3.8, 4) is 11.5 Å². The van der Waals surface area contributed by atoms with Crippen molar-refractivity contribution in [1.29, 1.82) is 0 Å². The molecule has 0 aliphatic carbocycles. The molecule has 2 aromatic rings. The first-order chi connectivity index (χ1) is 11.8. The predicted octanol–water partition coefficient (Wildman–Crippen LogP) is 2.51. The molecule has 0 atom stereocenters. The standard InChI is InChI=1S/C17H19N3O4/c1-22-8-2-7-18-13-3-5-14(19-10-13)17(21)20-12-4-6-15-16(9-12)24-11-23-15/h3-6,9-10,18H,2,7-8,11H2,1H3,(H,20,21). The first-order valence-electron chi connectivity index (χ1n) is 7.66. The Kier molecular flexibility index (Phi) is 5.12. The Bertz CT molecular complexity index is 703. The number of ether oxygens (including phenoxy) is 3. The van der Waals surface area contributed by atoms with Crippen molar-refractivity contribution in [1.82, 2.24) is 4.98 Å². The Morgan fingerprint density at radius 3 is 2.83 bits per heavy atom. The molecule has 3 rings (SSSR count). The van der Waals surface area contributed by atoms with E-state index in [9.17, 15) is 4.79 Å². The molecule has 7 nitrogen and oxygen atoms in total. The highest BCUT2D eigenvalue weighted by atomic mass is 16.7. The van der Waals surface area contributed by atoms with Crippen LogP contribution in [0.3, 0.4) is 0 Å². The zero-order valence-corrected chi connectivity index (χ0v) is 13.4. The van der Waals surface area contributed by atoms with E-state index in [0.717, 1.165) is 18.7 Å². The Balaban J connectivity index is 1.57. The van der Waals surface area contributed by atoms with E-state index in [1.807, 2.05) is 6.07 Å². The molecule has 1 aliphatic heterocycles. The molecular formula is C17H19N3O4. The van der Waals surface area contributed by atoms with Crippen LogP contribution in [0.2, 0.25) is 0 Å². The SMILES string of the molecule is COCCCNc1ccc(C(=O)Nc2ccc3c(c2)OCO3)nc1. The number of carbonyl (C=O) groups excluding carboxylic acids is 1. The maximum Gasteiger partial charge on any atom is 0.274 e. The number of rotatable bonds is 7. The van der Waals surface area contributed by atoms with Gasteiger partial charge in [0.1, 0.15) is 5.69 Å². The molecular weight excluding hydrogens is 310 g/mol. The molecule has 2 heterocycles. The van der Waals surface area contributed by atoms with Gasteiger partial charge in [-0.25, -0.2) is 4.98 Å². The number of benzene rings is 1. The highest BCUT2D eigenvalue weighted by molar-refractivity contribution is 6.03. The molecule has 0 spiro atoms. The molecule has 1 amide bonds. The molecule has 0 unspecified atom stereocenters. The van der Waals surface area contributed by atoms with Crippen molar-refractivity contribution >= 4 is 17.3 Å². The Labute approximate surface area is 139 Å². The maximum atomic E-state index is 12.2. The molecule has 0 bridgehead atoms. The van der Waals surface area contributed by atoms with E-state index in [0.29, 0.717) is 29.5 Å². The van der Waals surface area contributed by atoms with Gasteiger partial charge in [0, 0.05) is 32.0 Å². The summed E-state index contributed by atoms with van der Waals surface area (Å²) >= 11 is 0. The summed E-state index contributed by atoms with van der Waals surface area (Å²) in [5.74, 6) is 1.02. The first kappa shape index (κ1) is 16.1. The van der Waals surface area contributed by atoms with Crippen LogP contribution >= 0.6 is 0 Å². The van der Waals surface area contributed by atoms with Gasteiger partial charge in [-0.3, -0.25) is 4.79 Å². The van der Waals surface area contributed by atoms with Crippen LogP contribution in [0.1, 0.15) is 16.9 Å². The highest BCUT2D eigenvalue weighted by Crippen LogP contribution is 2.34. The lowest BCUT2D eigenvalue weighted by molar-refractivity contribution is 0.102. The fourth-order valence-electron chi connectivity index (χ4n) is 2.25. The van der Waals surface area contributed by atoms with Crippen LogP contribution in [0.15, 0.2) is 36.5 Å². The van der Waals surface area contributed by atoms with Crippen LogP contribution < -0.4 is 20.1 Å². The average molecular weight is 329 g/mol. The summed E-state index contributed by atoms with van der Waals surface area (Å²) in [7, 11) is 1.68. The van der Waals surface area contributed by atoms with Crippen LogP contribution in [0, 0.1) is 0 Å². The molecule has 7 heteroatoms. The van der Waals surface area contributed by atoms with E-state index >= 15 is 0 Å². The number of nitrogens with one attached hydrogen (secondary N) is 2. The molecule has 0 fully saturated rings.